The van der Waals surface area contributed by atoms with E-state index in [2.05, 4.69) is 11.5 Å². The molecule has 80 valence electrons. The molecule has 1 aliphatic carbocycles. The third kappa shape index (κ3) is 2.20. The summed E-state index contributed by atoms with van der Waals surface area (Å²) in [5, 5.41) is 0. The predicted octanol–water partition coefficient (Wildman–Crippen LogP) is 3.22. The molecule has 2 rings (SSSR count). The van der Waals surface area contributed by atoms with E-state index < -0.39 is 0 Å². The fraction of sp³-hybridized carbons (Fsp3) is 0.846. The van der Waals surface area contributed by atoms with Crippen LogP contribution in [0.25, 0.3) is 0 Å². The van der Waals surface area contributed by atoms with Gasteiger partial charge in [-0.2, -0.15) is 0 Å². The van der Waals surface area contributed by atoms with Crippen molar-refractivity contribution in [2.75, 3.05) is 19.6 Å². The number of likely N-dealkylation sites (tertiary alicyclic amines) is 1. The summed E-state index contributed by atoms with van der Waals surface area (Å²) in [6.45, 7) is 7.76. The highest BCUT2D eigenvalue weighted by Crippen LogP contribution is 2.43. The van der Waals surface area contributed by atoms with Crippen molar-refractivity contribution in [2.45, 2.75) is 44.9 Å². The zero-order valence-corrected chi connectivity index (χ0v) is 9.30. The molecule has 14 heavy (non-hydrogen) atoms. The van der Waals surface area contributed by atoms with Crippen molar-refractivity contribution in [2.24, 2.45) is 5.41 Å². The van der Waals surface area contributed by atoms with Gasteiger partial charge in [0.25, 0.3) is 0 Å². The molecule has 1 aliphatic heterocycles. The lowest BCUT2D eigenvalue weighted by Crippen LogP contribution is -2.29. The van der Waals surface area contributed by atoms with Crippen LogP contribution < -0.4 is 0 Å². The molecule has 2 fully saturated rings. The summed E-state index contributed by atoms with van der Waals surface area (Å²) in [5.74, 6) is 0. The van der Waals surface area contributed by atoms with Crippen molar-refractivity contribution >= 4 is 0 Å². The van der Waals surface area contributed by atoms with Gasteiger partial charge in [0.15, 0.2) is 0 Å². The lowest BCUT2D eigenvalue weighted by atomic mass is 9.73. The van der Waals surface area contributed by atoms with E-state index in [9.17, 15) is 0 Å². The molecule has 0 aromatic heterocycles. The Kier molecular flexibility index (Phi) is 3.27. The second kappa shape index (κ2) is 4.48. The predicted molar refractivity (Wildman–Crippen MR) is 61.4 cm³/mol. The molecule has 2 aliphatic rings. The molecular weight excluding hydrogens is 170 g/mol. The SMILES string of the molecule is C=CCCN1CCC2(CCCCC2)C1. The minimum Gasteiger partial charge on any atom is -0.302 e. The summed E-state index contributed by atoms with van der Waals surface area (Å²) in [6.07, 6.45) is 12.1. The molecule has 0 aromatic carbocycles. The maximum Gasteiger partial charge on any atom is 0.00386 e. The average molecular weight is 193 g/mol. The lowest BCUT2D eigenvalue weighted by Gasteiger charge is -2.33. The van der Waals surface area contributed by atoms with Crippen LogP contribution in [0.4, 0.5) is 0 Å². The molecule has 0 bridgehead atoms. The van der Waals surface area contributed by atoms with E-state index >= 15 is 0 Å². The summed E-state index contributed by atoms with van der Waals surface area (Å²) in [5.41, 5.74) is 0.736. The van der Waals surface area contributed by atoms with Crippen LogP contribution in [0.1, 0.15) is 44.9 Å². The van der Waals surface area contributed by atoms with Crippen LogP contribution in [-0.4, -0.2) is 24.5 Å². The third-order valence-electron chi connectivity index (χ3n) is 4.08. The molecule has 1 saturated carbocycles. The minimum atomic E-state index is 0.736. The lowest BCUT2D eigenvalue weighted by molar-refractivity contribution is 0.187. The summed E-state index contributed by atoms with van der Waals surface area (Å²) in [7, 11) is 0. The molecule has 1 heterocycles. The highest BCUT2D eigenvalue weighted by atomic mass is 15.2. The number of nitrogens with zero attached hydrogens (tertiary/aromatic N) is 1. The zero-order valence-electron chi connectivity index (χ0n) is 9.30. The Balaban J connectivity index is 1.82. The van der Waals surface area contributed by atoms with Crippen LogP contribution in [0.15, 0.2) is 12.7 Å². The molecule has 1 heteroatoms. The average Bonchev–Trinajstić information content (AvgIpc) is 2.60. The van der Waals surface area contributed by atoms with Crippen LogP contribution in [0.3, 0.4) is 0 Å². The Hall–Kier alpha value is -0.300. The van der Waals surface area contributed by atoms with E-state index in [-0.39, 0.29) is 0 Å². The molecule has 1 saturated heterocycles. The van der Waals surface area contributed by atoms with Crippen molar-refractivity contribution in [1.82, 2.24) is 4.90 Å². The van der Waals surface area contributed by atoms with Gasteiger partial charge in [-0.25, -0.2) is 0 Å². The summed E-state index contributed by atoms with van der Waals surface area (Å²) < 4.78 is 0. The summed E-state index contributed by atoms with van der Waals surface area (Å²) >= 11 is 0. The van der Waals surface area contributed by atoms with E-state index in [0.717, 1.165) is 11.8 Å². The Morgan fingerprint density at radius 1 is 1.14 bits per heavy atom. The highest BCUT2D eigenvalue weighted by molar-refractivity contribution is 4.92. The molecule has 0 unspecified atom stereocenters. The Morgan fingerprint density at radius 2 is 1.93 bits per heavy atom. The normalized spacial score (nSPS) is 26.9. The van der Waals surface area contributed by atoms with Crippen LogP contribution in [-0.2, 0) is 0 Å². The maximum absolute atomic E-state index is 3.80. The van der Waals surface area contributed by atoms with Crippen molar-refractivity contribution < 1.29 is 0 Å². The molecule has 1 nitrogen and oxygen atoms in total. The minimum absolute atomic E-state index is 0.736. The summed E-state index contributed by atoms with van der Waals surface area (Å²) in [4.78, 5) is 2.65. The van der Waals surface area contributed by atoms with Gasteiger partial charge in [-0.05, 0) is 37.6 Å². The van der Waals surface area contributed by atoms with Crippen molar-refractivity contribution in [1.29, 1.82) is 0 Å². The van der Waals surface area contributed by atoms with Gasteiger partial charge in [0.05, 0.1) is 0 Å². The van der Waals surface area contributed by atoms with Gasteiger partial charge in [-0.1, -0.05) is 25.3 Å². The Labute approximate surface area is 88.2 Å². The fourth-order valence-corrected chi connectivity index (χ4v) is 3.20. The van der Waals surface area contributed by atoms with Crippen molar-refractivity contribution in [3.05, 3.63) is 12.7 Å². The molecule has 0 radical (unpaired) electrons. The maximum atomic E-state index is 3.80. The monoisotopic (exact) mass is 193 g/mol. The Bertz CT molecular complexity index is 191. The van der Waals surface area contributed by atoms with E-state index in [1.54, 1.807) is 0 Å². The van der Waals surface area contributed by atoms with Gasteiger partial charge < -0.3 is 4.90 Å². The van der Waals surface area contributed by atoms with Gasteiger partial charge in [-0.15, -0.1) is 6.58 Å². The van der Waals surface area contributed by atoms with Crippen LogP contribution >= 0.6 is 0 Å². The summed E-state index contributed by atoms with van der Waals surface area (Å²) in [6, 6.07) is 0. The molecular formula is C13H23N. The molecule has 0 N–H and O–H groups in total. The van der Waals surface area contributed by atoms with Gasteiger partial charge in [0.2, 0.25) is 0 Å². The first-order chi connectivity index (χ1) is 6.85. The largest absolute Gasteiger partial charge is 0.302 e. The number of hydrogen-bond acceptors (Lipinski definition) is 1. The van der Waals surface area contributed by atoms with Crippen molar-refractivity contribution in [3.8, 4) is 0 Å². The van der Waals surface area contributed by atoms with Crippen LogP contribution in [0.2, 0.25) is 0 Å². The molecule has 0 amide bonds. The first-order valence-electron chi connectivity index (χ1n) is 6.18. The van der Waals surface area contributed by atoms with E-state index in [4.69, 9.17) is 0 Å². The second-order valence-electron chi connectivity index (χ2n) is 5.16. The molecule has 1 spiro atoms. The van der Waals surface area contributed by atoms with E-state index in [0.29, 0.717) is 0 Å². The van der Waals surface area contributed by atoms with Gasteiger partial charge in [0.1, 0.15) is 0 Å². The first kappa shape index (κ1) is 10.2. The van der Waals surface area contributed by atoms with Crippen molar-refractivity contribution in [3.63, 3.8) is 0 Å². The smallest absolute Gasteiger partial charge is 0.00386 e. The quantitative estimate of drug-likeness (QED) is 0.622. The van der Waals surface area contributed by atoms with Gasteiger partial charge >= 0.3 is 0 Å². The standard InChI is InChI=1S/C13H23N/c1-2-3-10-14-11-9-13(12-14)7-5-4-6-8-13/h2H,1,3-12H2. The topological polar surface area (TPSA) is 3.24 Å². The van der Waals surface area contributed by atoms with E-state index in [1.807, 2.05) is 6.08 Å². The molecule has 0 atom stereocenters. The van der Waals surface area contributed by atoms with E-state index in [1.165, 1.54) is 58.2 Å². The second-order valence-corrected chi connectivity index (χ2v) is 5.16. The zero-order chi connectivity index (χ0) is 9.86. The number of rotatable bonds is 3. The number of hydrogen-bond donors (Lipinski definition) is 0. The van der Waals surface area contributed by atoms with Gasteiger partial charge in [-0.3, -0.25) is 0 Å². The highest BCUT2D eigenvalue weighted by Gasteiger charge is 2.38. The molecule has 0 aromatic rings. The fourth-order valence-electron chi connectivity index (χ4n) is 3.20. The van der Waals surface area contributed by atoms with Crippen LogP contribution in [0.5, 0.6) is 0 Å². The third-order valence-corrected chi connectivity index (χ3v) is 4.08. The van der Waals surface area contributed by atoms with Gasteiger partial charge in [0, 0.05) is 13.1 Å². The van der Waals surface area contributed by atoms with Crippen LogP contribution in [0, 0.1) is 5.41 Å². The Morgan fingerprint density at radius 3 is 2.64 bits per heavy atom. The first-order valence-corrected chi connectivity index (χ1v) is 6.18.